The predicted molar refractivity (Wildman–Crippen MR) is 80.2 cm³/mol. The summed E-state index contributed by atoms with van der Waals surface area (Å²) in [6, 6.07) is 8.51. The summed E-state index contributed by atoms with van der Waals surface area (Å²) in [6.07, 6.45) is 4.84. The van der Waals surface area contributed by atoms with E-state index in [1.165, 1.54) is 42.4 Å². The van der Waals surface area contributed by atoms with Gasteiger partial charge < -0.3 is 15.2 Å². The Labute approximate surface area is 115 Å². The molecule has 1 saturated heterocycles. The number of rotatable bonds is 4. The van der Waals surface area contributed by atoms with Crippen LogP contribution < -0.4 is 5.32 Å². The summed E-state index contributed by atoms with van der Waals surface area (Å²) in [6.45, 7) is 4.59. The van der Waals surface area contributed by atoms with Crippen LogP contribution in [0.2, 0.25) is 0 Å². The van der Waals surface area contributed by atoms with Crippen molar-refractivity contribution in [3.05, 3.63) is 36.0 Å². The Morgan fingerprint density at radius 2 is 2.26 bits per heavy atom. The van der Waals surface area contributed by atoms with Crippen molar-refractivity contribution in [1.29, 1.82) is 0 Å². The van der Waals surface area contributed by atoms with Crippen molar-refractivity contribution in [2.45, 2.75) is 19.4 Å². The Kier molecular flexibility index (Phi) is 3.85. The van der Waals surface area contributed by atoms with Gasteiger partial charge in [0.2, 0.25) is 0 Å². The van der Waals surface area contributed by atoms with Crippen molar-refractivity contribution in [3.8, 4) is 0 Å². The second kappa shape index (κ2) is 5.76. The average molecular weight is 257 g/mol. The largest absolute Gasteiger partial charge is 0.361 e. The molecule has 0 aliphatic carbocycles. The number of fused-ring (bicyclic) bond motifs is 1. The maximum atomic E-state index is 3.62. The Balaban J connectivity index is 1.55. The van der Waals surface area contributed by atoms with Gasteiger partial charge in [0, 0.05) is 30.2 Å². The monoisotopic (exact) mass is 257 g/mol. The average Bonchev–Trinajstić information content (AvgIpc) is 2.83. The molecule has 0 radical (unpaired) electrons. The molecule has 0 bridgehead atoms. The van der Waals surface area contributed by atoms with Gasteiger partial charge in [-0.15, -0.1) is 0 Å². The van der Waals surface area contributed by atoms with E-state index < -0.39 is 0 Å². The summed E-state index contributed by atoms with van der Waals surface area (Å²) in [5.74, 6) is 0.809. The van der Waals surface area contributed by atoms with Gasteiger partial charge in [-0.3, -0.25) is 0 Å². The molecule has 0 spiro atoms. The molecule has 1 aromatic carbocycles. The molecule has 2 heterocycles. The van der Waals surface area contributed by atoms with Gasteiger partial charge in [-0.05, 0) is 50.5 Å². The molecule has 19 heavy (non-hydrogen) atoms. The molecular formula is C16H23N3. The number of para-hydroxylation sites is 1. The molecule has 3 rings (SSSR count). The Morgan fingerprint density at radius 1 is 1.37 bits per heavy atom. The highest BCUT2D eigenvalue weighted by atomic mass is 15.1. The first-order chi connectivity index (χ1) is 9.33. The SMILES string of the molecule is CN1CCCC(CNCc2c[nH]c3ccccc23)C1. The quantitative estimate of drug-likeness (QED) is 0.882. The first-order valence-corrected chi connectivity index (χ1v) is 7.27. The normalized spacial score (nSPS) is 21.0. The van der Waals surface area contributed by atoms with Crippen LogP contribution in [0.25, 0.3) is 10.9 Å². The van der Waals surface area contributed by atoms with Crippen molar-refractivity contribution in [1.82, 2.24) is 15.2 Å². The standard InChI is InChI=1S/C16H23N3/c1-19-8-4-5-13(12-19)9-17-10-14-11-18-16-7-3-2-6-15(14)16/h2-3,6-7,11,13,17-18H,4-5,8-10,12H2,1H3. The number of likely N-dealkylation sites (tertiary alicyclic amines) is 1. The molecule has 2 aromatic rings. The van der Waals surface area contributed by atoms with Crippen LogP contribution in [-0.4, -0.2) is 36.6 Å². The minimum atomic E-state index is 0.809. The maximum absolute atomic E-state index is 3.62. The number of nitrogens with one attached hydrogen (secondary N) is 2. The highest BCUT2D eigenvalue weighted by Crippen LogP contribution is 2.18. The fraction of sp³-hybridized carbons (Fsp3) is 0.500. The zero-order valence-corrected chi connectivity index (χ0v) is 11.7. The zero-order chi connectivity index (χ0) is 13.1. The highest BCUT2D eigenvalue weighted by Gasteiger charge is 2.16. The van der Waals surface area contributed by atoms with E-state index in [0.29, 0.717) is 0 Å². The molecule has 3 nitrogen and oxygen atoms in total. The fourth-order valence-electron chi connectivity index (χ4n) is 3.13. The number of hydrogen-bond acceptors (Lipinski definition) is 2. The van der Waals surface area contributed by atoms with Crippen molar-refractivity contribution in [3.63, 3.8) is 0 Å². The molecule has 0 saturated carbocycles. The predicted octanol–water partition coefficient (Wildman–Crippen LogP) is 2.60. The molecule has 3 heteroatoms. The number of aromatic amines is 1. The Morgan fingerprint density at radius 3 is 3.16 bits per heavy atom. The van der Waals surface area contributed by atoms with E-state index in [0.717, 1.165) is 19.0 Å². The van der Waals surface area contributed by atoms with E-state index in [4.69, 9.17) is 0 Å². The summed E-state index contributed by atoms with van der Waals surface area (Å²) in [5.41, 5.74) is 2.61. The molecule has 1 fully saturated rings. The molecule has 2 N–H and O–H groups in total. The molecular weight excluding hydrogens is 234 g/mol. The lowest BCUT2D eigenvalue weighted by molar-refractivity contribution is 0.206. The van der Waals surface area contributed by atoms with Crippen molar-refractivity contribution >= 4 is 10.9 Å². The van der Waals surface area contributed by atoms with E-state index in [9.17, 15) is 0 Å². The molecule has 0 amide bonds. The van der Waals surface area contributed by atoms with E-state index in [-0.39, 0.29) is 0 Å². The second-order valence-corrected chi connectivity index (χ2v) is 5.76. The van der Waals surface area contributed by atoms with E-state index >= 15 is 0 Å². The summed E-state index contributed by atoms with van der Waals surface area (Å²) >= 11 is 0. The van der Waals surface area contributed by atoms with Gasteiger partial charge in [-0.1, -0.05) is 18.2 Å². The van der Waals surface area contributed by atoms with Crippen LogP contribution in [0.15, 0.2) is 30.5 Å². The van der Waals surface area contributed by atoms with Gasteiger partial charge in [-0.2, -0.15) is 0 Å². The van der Waals surface area contributed by atoms with Crippen LogP contribution in [0.1, 0.15) is 18.4 Å². The van der Waals surface area contributed by atoms with Crippen LogP contribution in [0.3, 0.4) is 0 Å². The van der Waals surface area contributed by atoms with Crippen molar-refractivity contribution in [2.75, 3.05) is 26.7 Å². The smallest absolute Gasteiger partial charge is 0.0457 e. The van der Waals surface area contributed by atoms with Gasteiger partial charge in [0.05, 0.1) is 0 Å². The number of piperidine rings is 1. The molecule has 1 unspecified atom stereocenters. The van der Waals surface area contributed by atoms with Crippen LogP contribution in [0.4, 0.5) is 0 Å². The lowest BCUT2D eigenvalue weighted by Crippen LogP contribution is -2.37. The van der Waals surface area contributed by atoms with Crippen molar-refractivity contribution < 1.29 is 0 Å². The minimum Gasteiger partial charge on any atom is -0.361 e. The molecule has 1 aliphatic rings. The third-order valence-corrected chi connectivity index (χ3v) is 4.15. The summed E-state index contributed by atoms with van der Waals surface area (Å²) in [7, 11) is 2.23. The Bertz CT molecular complexity index is 532. The van der Waals surface area contributed by atoms with E-state index in [1.807, 2.05) is 0 Å². The summed E-state index contributed by atoms with van der Waals surface area (Å²) < 4.78 is 0. The zero-order valence-electron chi connectivity index (χ0n) is 11.7. The minimum absolute atomic E-state index is 0.809. The third kappa shape index (κ3) is 2.99. The number of H-pyrrole nitrogens is 1. The number of benzene rings is 1. The third-order valence-electron chi connectivity index (χ3n) is 4.15. The molecule has 102 valence electrons. The van der Waals surface area contributed by atoms with Crippen LogP contribution in [0, 0.1) is 5.92 Å². The number of hydrogen-bond donors (Lipinski definition) is 2. The topological polar surface area (TPSA) is 31.1 Å². The van der Waals surface area contributed by atoms with Crippen LogP contribution in [0.5, 0.6) is 0 Å². The van der Waals surface area contributed by atoms with Crippen LogP contribution in [-0.2, 0) is 6.54 Å². The molecule has 1 aliphatic heterocycles. The Hall–Kier alpha value is -1.32. The van der Waals surface area contributed by atoms with E-state index in [1.54, 1.807) is 0 Å². The first-order valence-electron chi connectivity index (χ1n) is 7.27. The lowest BCUT2D eigenvalue weighted by Gasteiger charge is -2.29. The number of aromatic nitrogens is 1. The van der Waals surface area contributed by atoms with Gasteiger partial charge in [0.15, 0.2) is 0 Å². The van der Waals surface area contributed by atoms with Crippen molar-refractivity contribution in [2.24, 2.45) is 5.92 Å². The van der Waals surface area contributed by atoms with Crippen LogP contribution >= 0.6 is 0 Å². The maximum Gasteiger partial charge on any atom is 0.0457 e. The number of nitrogens with zero attached hydrogens (tertiary/aromatic N) is 1. The molecule has 1 aromatic heterocycles. The van der Waals surface area contributed by atoms with Gasteiger partial charge in [0.25, 0.3) is 0 Å². The van der Waals surface area contributed by atoms with Gasteiger partial charge >= 0.3 is 0 Å². The van der Waals surface area contributed by atoms with Gasteiger partial charge in [0.1, 0.15) is 0 Å². The first kappa shape index (κ1) is 12.7. The lowest BCUT2D eigenvalue weighted by atomic mass is 9.98. The summed E-state index contributed by atoms with van der Waals surface area (Å²) in [4.78, 5) is 5.78. The fourth-order valence-corrected chi connectivity index (χ4v) is 3.13. The summed E-state index contributed by atoms with van der Waals surface area (Å²) in [5, 5.41) is 4.97. The highest BCUT2D eigenvalue weighted by molar-refractivity contribution is 5.82. The molecule has 1 atom stereocenters. The van der Waals surface area contributed by atoms with Gasteiger partial charge in [-0.25, -0.2) is 0 Å². The second-order valence-electron chi connectivity index (χ2n) is 5.76. The van der Waals surface area contributed by atoms with E-state index in [2.05, 4.69) is 52.7 Å².